The number of thiophene rings is 1. The molecule has 8 nitrogen and oxygen atoms in total. The Morgan fingerprint density at radius 1 is 1.20 bits per heavy atom. The SMILES string of the molecule is COc1ccc(-c2cc(C(=O)OCCCn3cnc4c(N)ncnc43)sc2C)cc1. The molecule has 0 aliphatic heterocycles. The maximum Gasteiger partial charge on any atom is 0.348 e. The highest BCUT2D eigenvalue weighted by molar-refractivity contribution is 7.14. The number of ether oxygens (including phenoxy) is 2. The second kappa shape index (κ2) is 8.50. The second-order valence-corrected chi connectivity index (χ2v) is 7.92. The van der Waals surface area contributed by atoms with Crippen molar-refractivity contribution >= 4 is 34.3 Å². The Hall–Kier alpha value is -3.46. The van der Waals surface area contributed by atoms with Crippen LogP contribution in [0.1, 0.15) is 21.0 Å². The van der Waals surface area contributed by atoms with E-state index in [9.17, 15) is 4.79 Å². The Morgan fingerprint density at radius 2 is 2.00 bits per heavy atom. The minimum atomic E-state index is -0.315. The van der Waals surface area contributed by atoms with Crippen LogP contribution in [-0.4, -0.2) is 39.2 Å². The van der Waals surface area contributed by atoms with Gasteiger partial charge in [-0.1, -0.05) is 12.1 Å². The van der Waals surface area contributed by atoms with Crippen molar-refractivity contribution in [3.63, 3.8) is 0 Å². The fourth-order valence-corrected chi connectivity index (χ4v) is 4.11. The molecule has 0 unspecified atom stereocenters. The molecule has 3 heterocycles. The summed E-state index contributed by atoms with van der Waals surface area (Å²) in [5.41, 5.74) is 9.11. The first-order valence-electron chi connectivity index (χ1n) is 9.40. The van der Waals surface area contributed by atoms with Crippen molar-refractivity contribution in [2.24, 2.45) is 0 Å². The minimum absolute atomic E-state index is 0.299. The third kappa shape index (κ3) is 3.97. The number of nitrogens with zero attached hydrogens (tertiary/aromatic N) is 4. The lowest BCUT2D eigenvalue weighted by Crippen LogP contribution is -2.07. The summed E-state index contributed by atoms with van der Waals surface area (Å²) in [6, 6.07) is 9.66. The smallest absolute Gasteiger partial charge is 0.348 e. The topological polar surface area (TPSA) is 105 Å². The van der Waals surface area contributed by atoms with Gasteiger partial charge in [-0.15, -0.1) is 11.3 Å². The zero-order chi connectivity index (χ0) is 21.1. The van der Waals surface area contributed by atoms with E-state index in [-0.39, 0.29) is 5.97 Å². The number of hydrogen-bond acceptors (Lipinski definition) is 8. The largest absolute Gasteiger partial charge is 0.497 e. The van der Waals surface area contributed by atoms with Crippen LogP contribution >= 0.6 is 11.3 Å². The molecule has 3 aromatic heterocycles. The molecule has 0 radical (unpaired) electrons. The summed E-state index contributed by atoms with van der Waals surface area (Å²) in [4.78, 5) is 26.5. The Morgan fingerprint density at radius 3 is 2.77 bits per heavy atom. The maximum absolute atomic E-state index is 12.5. The van der Waals surface area contributed by atoms with Crippen molar-refractivity contribution < 1.29 is 14.3 Å². The average Bonchev–Trinajstić information content (AvgIpc) is 3.36. The number of nitrogen functional groups attached to an aromatic ring is 1. The van der Waals surface area contributed by atoms with Crippen molar-refractivity contribution in [3.8, 4) is 16.9 Å². The number of anilines is 1. The van der Waals surface area contributed by atoms with Crippen molar-refractivity contribution in [1.82, 2.24) is 19.5 Å². The quantitative estimate of drug-likeness (QED) is 0.357. The van der Waals surface area contributed by atoms with Gasteiger partial charge < -0.3 is 19.8 Å². The van der Waals surface area contributed by atoms with Gasteiger partial charge in [0, 0.05) is 11.4 Å². The Balaban J connectivity index is 1.35. The van der Waals surface area contributed by atoms with Crippen LogP contribution in [0.25, 0.3) is 22.3 Å². The molecular formula is C21H21N5O3S. The number of imidazole rings is 1. The van der Waals surface area contributed by atoms with E-state index in [2.05, 4.69) is 15.0 Å². The van der Waals surface area contributed by atoms with Gasteiger partial charge in [-0.3, -0.25) is 0 Å². The Labute approximate surface area is 177 Å². The van der Waals surface area contributed by atoms with Gasteiger partial charge in [0.05, 0.1) is 20.0 Å². The summed E-state index contributed by atoms with van der Waals surface area (Å²) >= 11 is 1.43. The van der Waals surface area contributed by atoms with Crippen LogP contribution in [0.2, 0.25) is 0 Å². The van der Waals surface area contributed by atoms with Crippen LogP contribution in [-0.2, 0) is 11.3 Å². The summed E-state index contributed by atoms with van der Waals surface area (Å²) in [6.07, 6.45) is 3.72. The molecule has 4 rings (SSSR count). The third-order valence-electron chi connectivity index (χ3n) is 4.73. The monoisotopic (exact) mass is 423 g/mol. The molecule has 2 N–H and O–H groups in total. The van der Waals surface area contributed by atoms with E-state index in [1.165, 1.54) is 17.7 Å². The number of aryl methyl sites for hydroxylation is 2. The Bertz CT molecular complexity index is 1180. The van der Waals surface area contributed by atoms with Crippen molar-refractivity contribution in [1.29, 1.82) is 0 Å². The molecule has 9 heteroatoms. The molecule has 0 atom stereocenters. The molecular weight excluding hydrogens is 402 g/mol. The molecule has 0 bridgehead atoms. The van der Waals surface area contributed by atoms with Gasteiger partial charge in [0.15, 0.2) is 11.5 Å². The zero-order valence-corrected chi connectivity index (χ0v) is 17.5. The van der Waals surface area contributed by atoms with E-state index in [4.69, 9.17) is 15.2 Å². The predicted octanol–water partition coefficient (Wildman–Crippen LogP) is 3.70. The number of hydrogen-bond donors (Lipinski definition) is 1. The van der Waals surface area contributed by atoms with E-state index in [1.54, 1.807) is 13.4 Å². The van der Waals surface area contributed by atoms with Crippen LogP contribution in [0.5, 0.6) is 5.75 Å². The first kappa shape index (κ1) is 19.8. The number of methoxy groups -OCH3 is 1. The average molecular weight is 423 g/mol. The van der Waals surface area contributed by atoms with E-state index in [1.807, 2.05) is 41.8 Å². The summed E-state index contributed by atoms with van der Waals surface area (Å²) in [5.74, 6) is 0.835. The molecule has 0 fully saturated rings. The molecule has 0 aliphatic carbocycles. The molecule has 0 saturated heterocycles. The minimum Gasteiger partial charge on any atom is -0.497 e. The lowest BCUT2D eigenvalue weighted by atomic mass is 10.1. The fraction of sp³-hybridized carbons (Fsp3) is 0.238. The number of benzene rings is 1. The first-order valence-corrected chi connectivity index (χ1v) is 10.2. The molecule has 0 spiro atoms. The summed E-state index contributed by atoms with van der Waals surface area (Å²) in [5, 5.41) is 0. The van der Waals surface area contributed by atoms with Gasteiger partial charge in [0.1, 0.15) is 22.5 Å². The standard InChI is InChI=1S/C21H21N5O3S/c1-13-16(14-4-6-15(28-2)7-5-14)10-17(30-13)21(27)29-9-3-8-26-12-25-18-19(22)23-11-24-20(18)26/h4-7,10-12H,3,8-9H2,1-2H3,(H2,22,23,24). The first-order chi connectivity index (χ1) is 14.6. The molecule has 0 aliphatic rings. The van der Waals surface area contributed by atoms with Crippen LogP contribution in [0.3, 0.4) is 0 Å². The van der Waals surface area contributed by atoms with Crippen molar-refractivity contribution in [2.75, 3.05) is 19.5 Å². The summed E-state index contributed by atoms with van der Waals surface area (Å²) < 4.78 is 12.5. The van der Waals surface area contributed by atoms with E-state index >= 15 is 0 Å². The zero-order valence-electron chi connectivity index (χ0n) is 16.7. The molecule has 0 amide bonds. The number of esters is 1. The second-order valence-electron chi connectivity index (χ2n) is 6.67. The highest BCUT2D eigenvalue weighted by Crippen LogP contribution is 2.32. The van der Waals surface area contributed by atoms with Crippen LogP contribution in [0, 0.1) is 6.92 Å². The number of carbonyl (C=O) groups is 1. The number of aromatic nitrogens is 4. The summed E-state index contributed by atoms with van der Waals surface area (Å²) in [6.45, 7) is 2.91. The molecule has 4 aromatic rings. The van der Waals surface area contributed by atoms with Crippen LogP contribution in [0.15, 0.2) is 43.0 Å². The van der Waals surface area contributed by atoms with Crippen LogP contribution < -0.4 is 10.5 Å². The van der Waals surface area contributed by atoms with Gasteiger partial charge in [-0.2, -0.15) is 0 Å². The van der Waals surface area contributed by atoms with Gasteiger partial charge in [0.2, 0.25) is 0 Å². The number of fused-ring (bicyclic) bond motifs is 1. The maximum atomic E-state index is 12.5. The van der Waals surface area contributed by atoms with Gasteiger partial charge in [-0.05, 0) is 42.7 Å². The highest BCUT2D eigenvalue weighted by atomic mass is 32.1. The van der Waals surface area contributed by atoms with Gasteiger partial charge in [-0.25, -0.2) is 19.7 Å². The highest BCUT2D eigenvalue weighted by Gasteiger charge is 2.15. The fourth-order valence-electron chi connectivity index (χ4n) is 3.17. The van der Waals surface area contributed by atoms with E-state index in [0.29, 0.717) is 41.4 Å². The van der Waals surface area contributed by atoms with E-state index in [0.717, 1.165) is 21.8 Å². The van der Waals surface area contributed by atoms with Crippen LogP contribution in [0.4, 0.5) is 5.82 Å². The van der Waals surface area contributed by atoms with Crippen molar-refractivity contribution in [2.45, 2.75) is 19.9 Å². The predicted molar refractivity (Wildman–Crippen MR) is 116 cm³/mol. The van der Waals surface area contributed by atoms with Crippen molar-refractivity contribution in [3.05, 3.63) is 52.7 Å². The lowest BCUT2D eigenvalue weighted by molar-refractivity contribution is 0.0502. The third-order valence-corrected chi connectivity index (χ3v) is 5.76. The Kier molecular flexibility index (Phi) is 5.62. The molecule has 1 aromatic carbocycles. The normalized spacial score (nSPS) is 11.0. The molecule has 154 valence electrons. The molecule has 0 saturated carbocycles. The van der Waals surface area contributed by atoms with Gasteiger partial charge in [0.25, 0.3) is 0 Å². The molecule has 30 heavy (non-hydrogen) atoms. The van der Waals surface area contributed by atoms with Gasteiger partial charge >= 0.3 is 5.97 Å². The summed E-state index contributed by atoms with van der Waals surface area (Å²) in [7, 11) is 1.64. The number of nitrogens with two attached hydrogens (primary N) is 1. The number of carbonyl (C=O) groups excluding carboxylic acids is 1. The van der Waals surface area contributed by atoms with E-state index < -0.39 is 0 Å². The lowest BCUT2D eigenvalue weighted by Gasteiger charge is -2.05. The number of rotatable bonds is 7.